The highest BCUT2D eigenvalue weighted by molar-refractivity contribution is 6.19. The first-order valence-corrected chi connectivity index (χ1v) is 3.77. The quantitative estimate of drug-likeness (QED) is 0.527. The normalized spacial score (nSPS) is 8.15. The number of carbonyl (C=O) groups excluding carboxylic acids is 1. The summed E-state index contributed by atoms with van der Waals surface area (Å²) in [6.45, 7) is 4.21. The van der Waals surface area contributed by atoms with Crippen molar-refractivity contribution in [3.63, 3.8) is 0 Å². The second kappa shape index (κ2) is 5.94. The van der Waals surface area contributed by atoms with Crippen molar-refractivity contribution in [2.45, 2.75) is 13.8 Å². The van der Waals surface area contributed by atoms with Gasteiger partial charge in [-0.3, -0.25) is 4.79 Å². The molecular weight excluding hydrogens is 168 g/mol. The molecule has 3 nitrogen and oxygen atoms in total. The van der Waals surface area contributed by atoms with Gasteiger partial charge >= 0.3 is 5.97 Å². The minimum absolute atomic E-state index is 0.167. The van der Waals surface area contributed by atoms with E-state index in [1.54, 1.807) is 0 Å². The zero-order valence-electron chi connectivity index (χ0n) is 7.65. The fourth-order valence-electron chi connectivity index (χ4n) is 0.807. The number of benzene rings is 1. The molecule has 1 aromatic rings. The predicted molar refractivity (Wildman–Crippen MR) is 49.6 cm³/mol. The van der Waals surface area contributed by atoms with E-state index in [9.17, 15) is 0 Å². The van der Waals surface area contributed by atoms with Gasteiger partial charge in [-0.25, -0.2) is 4.79 Å². The highest BCUT2D eigenvalue weighted by Crippen LogP contribution is 2.00. The Balaban J connectivity index is 0.000000252. The third kappa shape index (κ3) is 6.75. The molecule has 0 unspecified atom stereocenters. The maximum absolute atomic E-state index is 9.00. The molecule has 0 aliphatic rings. The standard InChI is InChI=1S/C8H10.C2H2O3/c1-7-4-3-5-8(2)6-7;3-1-2(4)5/h3-6H,1-2H3;1H,(H,4,5). The third-order valence-corrected chi connectivity index (χ3v) is 1.27. The van der Waals surface area contributed by atoms with Crippen LogP contribution in [0, 0.1) is 13.8 Å². The maximum Gasteiger partial charge on any atom is 0.368 e. The maximum atomic E-state index is 9.00. The van der Waals surface area contributed by atoms with Gasteiger partial charge in [-0.1, -0.05) is 35.4 Å². The molecule has 0 spiro atoms. The van der Waals surface area contributed by atoms with Gasteiger partial charge in [0.05, 0.1) is 0 Å². The number of hydrogen-bond acceptors (Lipinski definition) is 2. The topological polar surface area (TPSA) is 54.4 Å². The molecule has 0 heterocycles. The number of hydrogen-bond donors (Lipinski definition) is 1. The van der Waals surface area contributed by atoms with Crippen LogP contribution in [0.25, 0.3) is 0 Å². The second-order valence-corrected chi connectivity index (χ2v) is 2.61. The van der Waals surface area contributed by atoms with Crippen molar-refractivity contribution in [2.75, 3.05) is 0 Å². The van der Waals surface area contributed by atoms with Crippen LogP contribution in [0.4, 0.5) is 0 Å². The van der Waals surface area contributed by atoms with Gasteiger partial charge in [-0.2, -0.15) is 0 Å². The highest BCUT2D eigenvalue weighted by atomic mass is 16.4. The van der Waals surface area contributed by atoms with Crippen LogP contribution in [0.15, 0.2) is 24.3 Å². The molecular formula is C10H12O3. The molecule has 1 aromatic carbocycles. The number of carbonyl (C=O) groups is 2. The lowest BCUT2D eigenvalue weighted by Crippen LogP contribution is -1.91. The van der Waals surface area contributed by atoms with Gasteiger partial charge in [0.2, 0.25) is 6.29 Å². The number of carboxylic acid groups (broad SMARTS) is 1. The van der Waals surface area contributed by atoms with Crippen LogP contribution in [0.2, 0.25) is 0 Å². The van der Waals surface area contributed by atoms with E-state index >= 15 is 0 Å². The van der Waals surface area contributed by atoms with E-state index in [-0.39, 0.29) is 6.29 Å². The van der Waals surface area contributed by atoms with Crippen LogP contribution < -0.4 is 0 Å². The van der Waals surface area contributed by atoms with E-state index in [4.69, 9.17) is 14.7 Å². The van der Waals surface area contributed by atoms with Crippen LogP contribution >= 0.6 is 0 Å². The molecule has 0 aliphatic carbocycles. The van der Waals surface area contributed by atoms with E-state index in [0.717, 1.165) is 0 Å². The summed E-state index contributed by atoms with van der Waals surface area (Å²) < 4.78 is 0. The van der Waals surface area contributed by atoms with Crippen molar-refractivity contribution < 1.29 is 14.7 Å². The molecule has 13 heavy (non-hydrogen) atoms. The zero-order valence-corrected chi connectivity index (χ0v) is 7.65. The Morgan fingerprint density at radius 1 is 1.31 bits per heavy atom. The molecule has 1 N–H and O–H groups in total. The van der Waals surface area contributed by atoms with Gasteiger partial charge < -0.3 is 5.11 Å². The Labute approximate surface area is 77.0 Å². The second-order valence-electron chi connectivity index (χ2n) is 2.61. The SMILES string of the molecule is Cc1cccc(C)c1.O=CC(=O)O. The summed E-state index contributed by atoms with van der Waals surface area (Å²) in [5.74, 6) is -1.43. The summed E-state index contributed by atoms with van der Waals surface area (Å²) in [6.07, 6.45) is -0.167. The molecule has 0 amide bonds. The van der Waals surface area contributed by atoms with Gasteiger partial charge in [-0.15, -0.1) is 0 Å². The van der Waals surface area contributed by atoms with Crippen LogP contribution in [0.5, 0.6) is 0 Å². The smallest absolute Gasteiger partial charge is 0.368 e. The first-order valence-electron chi connectivity index (χ1n) is 3.77. The predicted octanol–water partition coefficient (Wildman–Crippen LogP) is 1.57. The Hall–Kier alpha value is -1.64. The Kier molecular flexibility index (Phi) is 5.19. The van der Waals surface area contributed by atoms with Crippen molar-refractivity contribution in [1.29, 1.82) is 0 Å². The molecule has 0 aliphatic heterocycles. The fourth-order valence-corrected chi connectivity index (χ4v) is 0.807. The molecule has 3 heteroatoms. The Morgan fingerprint density at radius 3 is 1.85 bits per heavy atom. The lowest BCUT2D eigenvalue weighted by atomic mass is 10.2. The van der Waals surface area contributed by atoms with E-state index in [2.05, 4.69) is 38.1 Å². The molecule has 0 saturated heterocycles. The van der Waals surface area contributed by atoms with Crippen molar-refractivity contribution in [3.8, 4) is 0 Å². The lowest BCUT2D eigenvalue weighted by molar-refractivity contribution is -0.143. The van der Waals surface area contributed by atoms with E-state index in [1.807, 2.05) is 0 Å². The van der Waals surface area contributed by atoms with Gasteiger partial charge in [0.25, 0.3) is 0 Å². The Morgan fingerprint density at radius 2 is 1.69 bits per heavy atom. The molecule has 0 bridgehead atoms. The average molecular weight is 180 g/mol. The number of aldehydes is 1. The summed E-state index contributed by atoms with van der Waals surface area (Å²) in [5, 5.41) is 7.35. The van der Waals surface area contributed by atoms with Crippen molar-refractivity contribution >= 4 is 12.3 Å². The van der Waals surface area contributed by atoms with Crippen LogP contribution in [0.1, 0.15) is 11.1 Å². The Bertz CT molecular complexity index is 275. The third-order valence-electron chi connectivity index (χ3n) is 1.27. The molecule has 70 valence electrons. The minimum atomic E-state index is -1.43. The monoisotopic (exact) mass is 180 g/mol. The average Bonchev–Trinajstić information content (AvgIpc) is 2.05. The van der Waals surface area contributed by atoms with Crippen molar-refractivity contribution in [2.24, 2.45) is 0 Å². The molecule has 0 fully saturated rings. The van der Waals surface area contributed by atoms with E-state index in [0.29, 0.717) is 0 Å². The number of carboxylic acids is 1. The number of aliphatic carboxylic acids is 1. The van der Waals surface area contributed by atoms with E-state index < -0.39 is 5.97 Å². The highest BCUT2D eigenvalue weighted by Gasteiger charge is 1.81. The molecule has 0 atom stereocenters. The summed E-state index contributed by atoms with van der Waals surface area (Å²) in [7, 11) is 0. The first-order chi connectivity index (χ1) is 6.06. The van der Waals surface area contributed by atoms with Gasteiger partial charge in [0.1, 0.15) is 0 Å². The van der Waals surface area contributed by atoms with Crippen molar-refractivity contribution in [1.82, 2.24) is 0 Å². The number of rotatable bonds is 1. The lowest BCUT2D eigenvalue weighted by Gasteiger charge is -1.90. The van der Waals surface area contributed by atoms with E-state index in [1.165, 1.54) is 11.1 Å². The largest absolute Gasteiger partial charge is 0.476 e. The molecule has 0 saturated carbocycles. The molecule has 0 aromatic heterocycles. The van der Waals surface area contributed by atoms with Crippen LogP contribution in [-0.4, -0.2) is 17.4 Å². The van der Waals surface area contributed by atoms with Crippen LogP contribution in [0.3, 0.4) is 0 Å². The van der Waals surface area contributed by atoms with Gasteiger partial charge in [-0.05, 0) is 13.8 Å². The number of aryl methyl sites for hydroxylation is 2. The zero-order chi connectivity index (χ0) is 10.3. The summed E-state index contributed by atoms with van der Waals surface area (Å²) in [5.41, 5.74) is 2.68. The first kappa shape index (κ1) is 11.4. The van der Waals surface area contributed by atoms with Gasteiger partial charge in [0.15, 0.2) is 0 Å². The van der Waals surface area contributed by atoms with Crippen LogP contribution in [-0.2, 0) is 9.59 Å². The minimum Gasteiger partial charge on any atom is -0.476 e. The summed E-state index contributed by atoms with van der Waals surface area (Å²) >= 11 is 0. The summed E-state index contributed by atoms with van der Waals surface area (Å²) in [6, 6.07) is 8.45. The fraction of sp³-hybridized carbons (Fsp3) is 0.200. The van der Waals surface area contributed by atoms with Gasteiger partial charge in [0, 0.05) is 0 Å². The summed E-state index contributed by atoms with van der Waals surface area (Å²) in [4.78, 5) is 17.9. The molecule has 1 rings (SSSR count). The molecule has 0 radical (unpaired) electrons. The van der Waals surface area contributed by atoms with Crippen molar-refractivity contribution in [3.05, 3.63) is 35.4 Å².